The minimum absolute atomic E-state index is 0.00706. The van der Waals surface area contributed by atoms with Gasteiger partial charge in [-0.15, -0.1) is 12.3 Å². The smallest absolute Gasteiger partial charge is 0.266 e. The van der Waals surface area contributed by atoms with Crippen molar-refractivity contribution in [1.29, 1.82) is 0 Å². The monoisotopic (exact) mass is 288 g/mol. The summed E-state index contributed by atoms with van der Waals surface area (Å²) in [6.45, 7) is 0.646. The third-order valence-electron chi connectivity index (χ3n) is 1.58. The van der Waals surface area contributed by atoms with Crippen LogP contribution in [0.4, 0.5) is 0 Å². The zero-order chi connectivity index (χ0) is 9.68. The van der Waals surface area contributed by atoms with E-state index in [2.05, 4.69) is 10.9 Å². The molecular formula is C9H9IN2O. The molecule has 0 saturated carbocycles. The van der Waals surface area contributed by atoms with Crippen molar-refractivity contribution in [3.05, 3.63) is 26.4 Å². The molecule has 0 atom stereocenters. The third-order valence-corrected chi connectivity index (χ3v) is 2.32. The predicted molar refractivity (Wildman–Crippen MR) is 59.3 cm³/mol. The largest absolute Gasteiger partial charge is 0.298 e. The number of hydrogen-bond acceptors (Lipinski definition) is 2. The van der Waals surface area contributed by atoms with Gasteiger partial charge in [-0.05, 0) is 29.0 Å². The summed E-state index contributed by atoms with van der Waals surface area (Å²) < 4.78 is 2.22. The van der Waals surface area contributed by atoms with Crippen LogP contribution in [0.5, 0.6) is 0 Å². The van der Waals surface area contributed by atoms with Crippen LogP contribution in [0.1, 0.15) is 12.8 Å². The molecule has 0 amide bonds. The standard InChI is InChI=1S/C9H9IN2O/c1-2-3-4-5-12-7-11-6-8(10)9(12)13/h1,6-7H,3-5H2. The van der Waals surface area contributed by atoms with Gasteiger partial charge in [-0.1, -0.05) is 0 Å². The Kier molecular flexibility index (Phi) is 3.96. The lowest BCUT2D eigenvalue weighted by atomic mass is 10.3. The highest BCUT2D eigenvalue weighted by molar-refractivity contribution is 14.1. The Morgan fingerprint density at radius 1 is 1.69 bits per heavy atom. The zero-order valence-corrected chi connectivity index (χ0v) is 9.19. The van der Waals surface area contributed by atoms with Crippen molar-refractivity contribution < 1.29 is 0 Å². The molecule has 0 unspecified atom stereocenters. The Morgan fingerprint density at radius 3 is 3.15 bits per heavy atom. The Morgan fingerprint density at radius 2 is 2.46 bits per heavy atom. The molecule has 3 nitrogen and oxygen atoms in total. The van der Waals surface area contributed by atoms with Crippen molar-refractivity contribution in [3.8, 4) is 12.3 Å². The molecule has 0 aliphatic heterocycles. The van der Waals surface area contributed by atoms with E-state index in [0.717, 1.165) is 6.42 Å². The van der Waals surface area contributed by atoms with Crippen LogP contribution in [0.2, 0.25) is 0 Å². The normalized spacial score (nSPS) is 9.54. The van der Waals surface area contributed by atoms with Crippen LogP contribution in [-0.2, 0) is 6.54 Å². The summed E-state index contributed by atoms with van der Waals surface area (Å²) in [6.07, 6.45) is 9.71. The van der Waals surface area contributed by atoms with E-state index in [1.807, 2.05) is 22.6 Å². The molecule has 0 bridgehead atoms. The summed E-state index contributed by atoms with van der Waals surface area (Å²) in [7, 11) is 0. The van der Waals surface area contributed by atoms with E-state index in [-0.39, 0.29) is 5.56 Å². The van der Waals surface area contributed by atoms with Gasteiger partial charge in [-0.3, -0.25) is 9.36 Å². The predicted octanol–water partition coefficient (Wildman–Crippen LogP) is 1.26. The number of rotatable bonds is 3. The number of halogens is 1. The van der Waals surface area contributed by atoms with Crippen molar-refractivity contribution in [1.82, 2.24) is 9.55 Å². The molecule has 0 spiro atoms. The Bertz CT molecular complexity index is 378. The van der Waals surface area contributed by atoms with Crippen molar-refractivity contribution in [2.45, 2.75) is 19.4 Å². The lowest BCUT2D eigenvalue weighted by Gasteiger charge is -2.02. The minimum atomic E-state index is 0.00706. The van der Waals surface area contributed by atoms with Gasteiger partial charge in [0.05, 0.1) is 9.90 Å². The highest BCUT2D eigenvalue weighted by Crippen LogP contribution is 1.95. The number of hydrogen-bond donors (Lipinski definition) is 0. The molecule has 0 aromatic carbocycles. The first-order chi connectivity index (χ1) is 6.25. The summed E-state index contributed by atoms with van der Waals surface area (Å²) in [5.74, 6) is 2.53. The van der Waals surface area contributed by atoms with Crippen molar-refractivity contribution >= 4 is 22.6 Å². The quantitative estimate of drug-likeness (QED) is 0.477. The van der Waals surface area contributed by atoms with Crippen LogP contribution in [-0.4, -0.2) is 9.55 Å². The van der Waals surface area contributed by atoms with Gasteiger partial charge in [0.25, 0.3) is 5.56 Å². The third kappa shape index (κ3) is 2.84. The van der Waals surface area contributed by atoms with Crippen LogP contribution in [0, 0.1) is 15.9 Å². The zero-order valence-electron chi connectivity index (χ0n) is 7.03. The summed E-state index contributed by atoms with van der Waals surface area (Å²) in [4.78, 5) is 15.4. The first-order valence-corrected chi connectivity index (χ1v) is 4.97. The maximum atomic E-state index is 11.4. The average Bonchev–Trinajstić information content (AvgIpc) is 2.13. The van der Waals surface area contributed by atoms with E-state index < -0.39 is 0 Å². The molecule has 1 aromatic heterocycles. The number of nitrogens with zero attached hydrogens (tertiary/aromatic N) is 2. The maximum Gasteiger partial charge on any atom is 0.266 e. The summed E-state index contributed by atoms with van der Waals surface area (Å²) >= 11 is 1.97. The molecular weight excluding hydrogens is 279 g/mol. The molecule has 1 rings (SSSR count). The number of unbranched alkanes of at least 4 members (excludes halogenated alkanes) is 1. The van der Waals surface area contributed by atoms with Gasteiger partial charge >= 0.3 is 0 Å². The number of terminal acetylenes is 1. The Balaban J connectivity index is 2.73. The second kappa shape index (κ2) is 5.02. The molecule has 0 aliphatic carbocycles. The van der Waals surface area contributed by atoms with Crippen molar-refractivity contribution in [2.24, 2.45) is 0 Å². The van der Waals surface area contributed by atoms with Gasteiger partial charge < -0.3 is 0 Å². The van der Waals surface area contributed by atoms with Gasteiger partial charge in [0.2, 0.25) is 0 Å². The number of aromatic nitrogens is 2. The molecule has 1 heterocycles. The van der Waals surface area contributed by atoms with E-state index >= 15 is 0 Å². The highest BCUT2D eigenvalue weighted by atomic mass is 127. The van der Waals surface area contributed by atoms with Gasteiger partial charge in [0.15, 0.2) is 0 Å². The second-order valence-electron chi connectivity index (χ2n) is 2.55. The summed E-state index contributed by atoms with van der Waals surface area (Å²) in [5.41, 5.74) is 0.00706. The van der Waals surface area contributed by atoms with Crippen LogP contribution in [0.3, 0.4) is 0 Å². The maximum absolute atomic E-state index is 11.4. The van der Waals surface area contributed by atoms with E-state index in [1.54, 1.807) is 17.1 Å². The first kappa shape index (κ1) is 10.3. The van der Waals surface area contributed by atoms with E-state index in [1.165, 1.54) is 0 Å². The van der Waals surface area contributed by atoms with Crippen molar-refractivity contribution in [2.75, 3.05) is 0 Å². The van der Waals surface area contributed by atoms with Gasteiger partial charge in [-0.25, -0.2) is 4.98 Å². The van der Waals surface area contributed by atoms with Gasteiger partial charge in [-0.2, -0.15) is 0 Å². The van der Waals surface area contributed by atoms with Gasteiger partial charge in [0.1, 0.15) is 0 Å². The SMILES string of the molecule is C#CCCCn1cncc(I)c1=O. The Labute approximate surface area is 90.3 Å². The van der Waals surface area contributed by atoms with Crippen LogP contribution >= 0.6 is 22.6 Å². The molecule has 0 fully saturated rings. The fraction of sp³-hybridized carbons (Fsp3) is 0.333. The molecule has 0 saturated heterocycles. The van der Waals surface area contributed by atoms with E-state index in [0.29, 0.717) is 16.5 Å². The van der Waals surface area contributed by atoms with E-state index in [4.69, 9.17) is 6.42 Å². The van der Waals surface area contributed by atoms with Crippen LogP contribution in [0.15, 0.2) is 17.3 Å². The fourth-order valence-electron chi connectivity index (χ4n) is 0.935. The summed E-state index contributed by atoms with van der Waals surface area (Å²) in [6, 6.07) is 0. The van der Waals surface area contributed by atoms with Crippen LogP contribution in [0.25, 0.3) is 0 Å². The average molecular weight is 288 g/mol. The molecule has 68 valence electrons. The first-order valence-electron chi connectivity index (χ1n) is 3.89. The summed E-state index contributed by atoms with van der Waals surface area (Å²) in [5, 5.41) is 0. The Hall–Kier alpha value is -0.830. The van der Waals surface area contributed by atoms with E-state index in [9.17, 15) is 4.79 Å². The second-order valence-corrected chi connectivity index (χ2v) is 3.71. The topological polar surface area (TPSA) is 34.9 Å². The molecule has 0 radical (unpaired) electrons. The minimum Gasteiger partial charge on any atom is -0.298 e. The lowest BCUT2D eigenvalue weighted by Crippen LogP contribution is -2.22. The molecule has 0 aliphatic rings. The van der Waals surface area contributed by atoms with Gasteiger partial charge in [0, 0.05) is 19.2 Å². The molecule has 4 heteroatoms. The molecule has 0 N–H and O–H groups in total. The van der Waals surface area contributed by atoms with Crippen LogP contribution < -0.4 is 5.56 Å². The highest BCUT2D eigenvalue weighted by Gasteiger charge is 1.98. The molecule has 1 aromatic rings. The number of aryl methyl sites for hydroxylation is 1. The fourth-order valence-corrected chi connectivity index (χ4v) is 1.41. The van der Waals surface area contributed by atoms with Crippen molar-refractivity contribution in [3.63, 3.8) is 0 Å². The molecule has 13 heavy (non-hydrogen) atoms. The lowest BCUT2D eigenvalue weighted by molar-refractivity contribution is 0.618.